The SMILES string of the molecule is CCNC(C)C1CCN(S(=O)(=O)c2ccc(Br)s2)CC1. The molecule has 1 unspecified atom stereocenters. The van der Waals surface area contributed by atoms with Gasteiger partial charge in [0, 0.05) is 19.1 Å². The molecule has 20 heavy (non-hydrogen) atoms. The molecule has 2 heterocycles. The summed E-state index contributed by atoms with van der Waals surface area (Å²) in [6.45, 7) is 6.50. The Morgan fingerprint density at radius 2 is 2.10 bits per heavy atom. The first-order chi connectivity index (χ1) is 9.45. The molecule has 0 aliphatic carbocycles. The minimum Gasteiger partial charge on any atom is -0.314 e. The molecule has 1 fully saturated rings. The second-order valence-electron chi connectivity index (χ2n) is 5.15. The van der Waals surface area contributed by atoms with Crippen molar-refractivity contribution in [1.29, 1.82) is 0 Å². The van der Waals surface area contributed by atoms with Gasteiger partial charge in [-0.3, -0.25) is 0 Å². The zero-order valence-corrected chi connectivity index (χ0v) is 15.0. The fourth-order valence-corrected chi connectivity index (χ4v) is 6.30. The molecule has 0 amide bonds. The fourth-order valence-electron chi connectivity index (χ4n) is 2.67. The summed E-state index contributed by atoms with van der Waals surface area (Å²) in [6.07, 6.45) is 1.86. The van der Waals surface area contributed by atoms with E-state index in [2.05, 4.69) is 35.1 Å². The summed E-state index contributed by atoms with van der Waals surface area (Å²) in [4.78, 5) is 0. The van der Waals surface area contributed by atoms with E-state index in [1.807, 2.05) is 0 Å². The number of nitrogens with zero attached hydrogens (tertiary/aromatic N) is 1. The predicted octanol–water partition coefficient (Wildman–Crippen LogP) is 2.91. The van der Waals surface area contributed by atoms with Gasteiger partial charge in [-0.2, -0.15) is 4.31 Å². The molecule has 1 aliphatic heterocycles. The molecule has 0 radical (unpaired) electrons. The van der Waals surface area contributed by atoms with Crippen molar-refractivity contribution < 1.29 is 8.42 Å². The number of nitrogens with one attached hydrogen (secondary N) is 1. The van der Waals surface area contributed by atoms with Crippen LogP contribution in [-0.2, 0) is 10.0 Å². The highest BCUT2D eigenvalue weighted by Gasteiger charge is 2.31. The lowest BCUT2D eigenvalue weighted by atomic mass is 9.91. The van der Waals surface area contributed by atoms with Gasteiger partial charge in [0.15, 0.2) is 0 Å². The molecule has 2 rings (SSSR count). The maximum absolute atomic E-state index is 12.5. The zero-order chi connectivity index (χ0) is 14.8. The van der Waals surface area contributed by atoms with E-state index in [0.717, 1.165) is 23.2 Å². The van der Waals surface area contributed by atoms with E-state index in [1.165, 1.54) is 11.3 Å². The Hall–Kier alpha value is 0.0500. The Morgan fingerprint density at radius 3 is 2.60 bits per heavy atom. The van der Waals surface area contributed by atoms with Crippen LogP contribution >= 0.6 is 27.3 Å². The van der Waals surface area contributed by atoms with E-state index in [0.29, 0.717) is 29.3 Å². The summed E-state index contributed by atoms with van der Waals surface area (Å²) >= 11 is 4.60. The highest BCUT2D eigenvalue weighted by molar-refractivity contribution is 9.11. The first-order valence-corrected chi connectivity index (χ1v) is 9.99. The fraction of sp³-hybridized carbons (Fsp3) is 0.692. The van der Waals surface area contributed by atoms with Gasteiger partial charge in [-0.1, -0.05) is 6.92 Å². The molecule has 1 atom stereocenters. The highest BCUT2D eigenvalue weighted by atomic mass is 79.9. The minimum atomic E-state index is -3.30. The Balaban J connectivity index is 2.00. The van der Waals surface area contributed by atoms with Crippen LogP contribution in [0, 0.1) is 5.92 Å². The smallest absolute Gasteiger partial charge is 0.252 e. The number of hydrogen-bond donors (Lipinski definition) is 1. The van der Waals surface area contributed by atoms with Crippen molar-refractivity contribution in [1.82, 2.24) is 9.62 Å². The number of piperidine rings is 1. The van der Waals surface area contributed by atoms with Crippen LogP contribution in [0.2, 0.25) is 0 Å². The highest BCUT2D eigenvalue weighted by Crippen LogP contribution is 2.31. The summed E-state index contributed by atoms with van der Waals surface area (Å²) in [5.41, 5.74) is 0. The van der Waals surface area contributed by atoms with Gasteiger partial charge in [-0.25, -0.2) is 8.42 Å². The average Bonchev–Trinajstić information content (AvgIpc) is 2.86. The van der Waals surface area contributed by atoms with Crippen molar-refractivity contribution in [2.75, 3.05) is 19.6 Å². The molecule has 1 N–H and O–H groups in total. The van der Waals surface area contributed by atoms with Crippen LogP contribution in [0.15, 0.2) is 20.1 Å². The van der Waals surface area contributed by atoms with Crippen LogP contribution in [0.25, 0.3) is 0 Å². The maximum Gasteiger partial charge on any atom is 0.252 e. The summed E-state index contributed by atoms with van der Waals surface area (Å²) in [5.74, 6) is 0.566. The lowest BCUT2D eigenvalue weighted by Crippen LogP contribution is -2.43. The van der Waals surface area contributed by atoms with E-state index < -0.39 is 10.0 Å². The average molecular weight is 381 g/mol. The summed E-state index contributed by atoms with van der Waals surface area (Å²) in [6, 6.07) is 3.93. The van der Waals surface area contributed by atoms with Crippen LogP contribution in [0.5, 0.6) is 0 Å². The van der Waals surface area contributed by atoms with Gasteiger partial charge in [0.25, 0.3) is 10.0 Å². The van der Waals surface area contributed by atoms with Crippen LogP contribution in [0.1, 0.15) is 26.7 Å². The van der Waals surface area contributed by atoms with E-state index in [-0.39, 0.29) is 0 Å². The second kappa shape index (κ2) is 6.87. The van der Waals surface area contributed by atoms with Gasteiger partial charge in [-0.15, -0.1) is 11.3 Å². The van der Waals surface area contributed by atoms with Gasteiger partial charge < -0.3 is 5.32 Å². The van der Waals surface area contributed by atoms with Crippen LogP contribution < -0.4 is 5.32 Å². The molecule has 114 valence electrons. The van der Waals surface area contributed by atoms with E-state index in [4.69, 9.17) is 0 Å². The van der Waals surface area contributed by atoms with Crippen molar-refractivity contribution in [3.63, 3.8) is 0 Å². The van der Waals surface area contributed by atoms with E-state index >= 15 is 0 Å². The quantitative estimate of drug-likeness (QED) is 0.853. The van der Waals surface area contributed by atoms with Crippen molar-refractivity contribution in [3.8, 4) is 0 Å². The number of hydrogen-bond acceptors (Lipinski definition) is 4. The Kier molecular flexibility index (Phi) is 5.64. The van der Waals surface area contributed by atoms with Gasteiger partial charge in [0.1, 0.15) is 4.21 Å². The largest absolute Gasteiger partial charge is 0.314 e. The van der Waals surface area contributed by atoms with Crippen LogP contribution in [0.4, 0.5) is 0 Å². The zero-order valence-electron chi connectivity index (χ0n) is 11.8. The van der Waals surface area contributed by atoms with E-state index in [9.17, 15) is 8.42 Å². The number of rotatable bonds is 5. The van der Waals surface area contributed by atoms with Gasteiger partial charge in [-0.05, 0) is 60.3 Å². The standard InChI is InChI=1S/C13H21BrN2O2S2/c1-3-15-10(2)11-6-8-16(9-7-11)20(17,18)13-5-4-12(14)19-13/h4-5,10-11,15H,3,6-9H2,1-2H3. The van der Waals surface area contributed by atoms with Gasteiger partial charge >= 0.3 is 0 Å². The third-order valence-corrected chi connectivity index (χ3v) is 7.86. The molecule has 1 aromatic rings. The number of sulfonamides is 1. The van der Waals surface area contributed by atoms with Crippen molar-refractivity contribution in [2.24, 2.45) is 5.92 Å². The predicted molar refractivity (Wildman–Crippen MR) is 86.6 cm³/mol. The molecule has 1 aliphatic rings. The first-order valence-electron chi connectivity index (χ1n) is 6.94. The summed E-state index contributed by atoms with van der Waals surface area (Å²) in [5, 5.41) is 3.43. The summed E-state index contributed by atoms with van der Waals surface area (Å²) in [7, 11) is -3.30. The summed E-state index contributed by atoms with van der Waals surface area (Å²) < 4.78 is 27.9. The van der Waals surface area contributed by atoms with Gasteiger partial charge in [0.2, 0.25) is 0 Å². The van der Waals surface area contributed by atoms with Crippen molar-refractivity contribution in [3.05, 3.63) is 15.9 Å². The van der Waals surface area contributed by atoms with Gasteiger partial charge in [0.05, 0.1) is 3.79 Å². The molecule has 0 spiro atoms. The van der Waals surface area contributed by atoms with Crippen molar-refractivity contribution >= 4 is 37.3 Å². The second-order valence-corrected chi connectivity index (χ2v) is 9.77. The topological polar surface area (TPSA) is 49.4 Å². The minimum absolute atomic E-state index is 0.433. The molecule has 7 heteroatoms. The molecular formula is C13H21BrN2O2S2. The van der Waals surface area contributed by atoms with E-state index in [1.54, 1.807) is 16.4 Å². The van der Waals surface area contributed by atoms with Crippen LogP contribution in [-0.4, -0.2) is 38.4 Å². The molecule has 0 aromatic carbocycles. The molecule has 0 bridgehead atoms. The molecule has 0 saturated carbocycles. The third-order valence-electron chi connectivity index (χ3n) is 3.87. The molecule has 1 aromatic heterocycles. The first kappa shape index (κ1) is 16.4. The molecule has 4 nitrogen and oxygen atoms in total. The third kappa shape index (κ3) is 3.62. The Morgan fingerprint density at radius 1 is 1.45 bits per heavy atom. The lowest BCUT2D eigenvalue weighted by molar-refractivity contribution is 0.233. The monoisotopic (exact) mass is 380 g/mol. The molecular weight excluding hydrogens is 360 g/mol. The maximum atomic E-state index is 12.5. The Bertz CT molecular complexity index is 536. The Labute approximate surface area is 133 Å². The lowest BCUT2D eigenvalue weighted by Gasteiger charge is -2.34. The van der Waals surface area contributed by atoms with Crippen LogP contribution in [0.3, 0.4) is 0 Å². The van der Waals surface area contributed by atoms with Crippen molar-refractivity contribution in [2.45, 2.75) is 36.9 Å². The number of halogens is 1. The molecule has 1 saturated heterocycles. The number of thiophene rings is 1. The normalized spacial score (nSPS) is 20.1.